The number of hydrogen-bond donors (Lipinski definition) is 0. The van der Waals surface area contributed by atoms with Crippen LogP contribution in [0.2, 0.25) is 5.02 Å². The topological polar surface area (TPSA) is 105 Å². The van der Waals surface area contributed by atoms with Gasteiger partial charge in [-0.15, -0.1) is 0 Å². The van der Waals surface area contributed by atoms with Gasteiger partial charge in [-0.3, -0.25) is 0 Å². The van der Waals surface area contributed by atoms with Gasteiger partial charge in [0.1, 0.15) is 16.8 Å². The van der Waals surface area contributed by atoms with Crippen molar-refractivity contribution in [2.75, 3.05) is 27.2 Å². The molecule has 9 nitrogen and oxygen atoms in total. The summed E-state index contributed by atoms with van der Waals surface area (Å²) in [4.78, 5) is 19.1. The maximum absolute atomic E-state index is 13.5. The van der Waals surface area contributed by atoms with Crippen molar-refractivity contribution in [3.05, 3.63) is 41.6 Å². The molecule has 35 heavy (non-hydrogen) atoms. The molecule has 1 saturated heterocycles. The van der Waals surface area contributed by atoms with E-state index in [2.05, 4.69) is 6.07 Å². The standard InChI is InChI=1S/C24H28ClN5O4S/c1-23(2,3)34-22(31)29-9-7-24(15-26,8-10-29)21-27-20-18(16-6-11-33-14-16)12-17(25)13-19(20)30(21)35(32)28(4)5/h6,11-14H,7-10H2,1-5H3. The van der Waals surface area contributed by atoms with Gasteiger partial charge in [0, 0.05) is 43.3 Å². The summed E-state index contributed by atoms with van der Waals surface area (Å²) in [5, 5.41) is 10.8. The Hall–Kier alpha value is -2.87. The maximum Gasteiger partial charge on any atom is 0.410 e. The summed E-state index contributed by atoms with van der Waals surface area (Å²) in [5.41, 5.74) is 0.959. The summed E-state index contributed by atoms with van der Waals surface area (Å²) in [6, 6.07) is 7.72. The molecule has 1 aliphatic rings. The van der Waals surface area contributed by atoms with E-state index in [0.717, 1.165) is 11.1 Å². The van der Waals surface area contributed by atoms with Crippen LogP contribution in [0.15, 0.2) is 35.1 Å². The van der Waals surface area contributed by atoms with Crippen LogP contribution in [-0.4, -0.2) is 61.2 Å². The summed E-state index contributed by atoms with van der Waals surface area (Å²) in [5.74, 6) is 0.387. The molecule has 1 atom stereocenters. The molecule has 1 unspecified atom stereocenters. The van der Waals surface area contributed by atoms with E-state index in [1.807, 2.05) is 20.8 Å². The number of imidazole rings is 1. The van der Waals surface area contributed by atoms with Gasteiger partial charge < -0.3 is 14.1 Å². The van der Waals surface area contributed by atoms with Gasteiger partial charge in [0.25, 0.3) is 0 Å². The summed E-state index contributed by atoms with van der Waals surface area (Å²) >= 11 is 4.80. The van der Waals surface area contributed by atoms with Crippen LogP contribution in [0.1, 0.15) is 39.4 Å². The van der Waals surface area contributed by atoms with E-state index in [4.69, 9.17) is 25.7 Å². The van der Waals surface area contributed by atoms with E-state index < -0.39 is 28.3 Å². The molecule has 2 aromatic heterocycles. The van der Waals surface area contributed by atoms with E-state index in [1.54, 1.807) is 58.0 Å². The third kappa shape index (κ3) is 4.81. The van der Waals surface area contributed by atoms with Crippen molar-refractivity contribution < 1.29 is 18.2 Å². The lowest BCUT2D eigenvalue weighted by atomic mass is 9.79. The molecule has 0 bridgehead atoms. The highest BCUT2D eigenvalue weighted by atomic mass is 35.5. The third-order valence-electron chi connectivity index (χ3n) is 5.89. The fourth-order valence-corrected chi connectivity index (χ4v) is 5.38. The first kappa shape index (κ1) is 25.2. The van der Waals surface area contributed by atoms with E-state index in [9.17, 15) is 14.3 Å². The molecule has 0 aliphatic carbocycles. The van der Waals surface area contributed by atoms with Crippen molar-refractivity contribution in [2.24, 2.45) is 0 Å². The largest absolute Gasteiger partial charge is 0.472 e. The number of benzene rings is 1. The number of halogens is 1. The molecule has 3 aromatic rings. The van der Waals surface area contributed by atoms with Crippen LogP contribution in [-0.2, 0) is 21.3 Å². The second kappa shape index (κ2) is 9.30. The number of nitrogens with zero attached hydrogens (tertiary/aromatic N) is 5. The number of piperidine rings is 1. The fourth-order valence-electron chi connectivity index (χ4n) is 4.17. The smallest absolute Gasteiger partial charge is 0.410 e. The Bertz CT molecular complexity index is 1310. The van der Waals surface area contributed by atoms with Crippen molar-refractivity contribution >= 4 is 39.9 Å². The Kier molecular flexibility index (Phi) is 6.70. The quantitative estimate of drug-likeness (QED) is 0.495. The fraction of sp³-hybridized carbons (Fsp3) is 0.458. The van der Waals surface area contributed by atoms with Crippen molar-refractivity contribution in [2.45, 2.75) is 44.6 Å². The van der Waals surface area contributed by atoms with Crippen molar-refractivity contribution in [3.8, 4) is 17.2 Å². The van der Waals surface area contributed by atoms with Gasteiger partial charge in [-0.2, -0.15) is 5.26 Å². The zero-order valence-electron chi connectivity index (χ0n) is 20.4. The van der Waals surface area contributed by atoms with E-state index in [-0.39, 0.29) is 0 Å². The molecular weight excluding hydrogens is 490 g/mol. The minimum absolute atomic E-state index is 0.315. The first-order valence-corrected chi connectivity index (χ1v) is 12.6. The number of carbonyl (C=O) groups excluding carboxylic acids is 1. The minimum atomic E-state index is -1.66. The maximum atomic E-state index is 13.5. The molecule has 186 valence electrons. The van der Waals surface area contributed by atoms with E-state index in [1.165, 1.54) is 0 Å². The lowest BCUT2D eigenvalue weighted by molar-refractivity contribution is 0.0182. The molecule has 1 amide bonds. The second-order valence-corrected chi connectivity index (χ2v) is 11.8. The average molecular weight is 518 g/mol. The van der Waals surface area contributed by atoms with Gasteiger partial charge in [0.05, 0.1) is 29.6 Å². The zero-order valence-corrected chi connectivity index (χ0v) is 21.9. The van der Waals surface area contributed by atoms with Crippen LogP contribution >= 0.6 is 11.6 Å². The van der Waals surface area contributed by atoms with Crippen LogP contribution in [0, 0.1) is 11.3 Å². The first-order chi connectivity index (χ1) is 16.5. The Labute approximate surface area is 211 Å². The summed E-state index contributed by atoms with van der Waals surface area (Å²) in [6.07, 6.45) is 3.38. The molecule has 0 N–H and O–H groups in total. The number of fused-ring (bicyclic) bond motifs is 1. The molecule has 4 rings (SSSR count). The Morgan fingerprint density at radius 2 is 2.00 bits per heavy atom. The lowest BCUT2D eigenvalue weighted by Crippen LogP contribution is -2.47. The zero-order chi connectivity index (χ0) is 25.5. The van der Waals surface area contributed by atoms with Crippen LogP contribution in [0.5, 0.6) is 0 Å². The van der Waals surface area contributed by atoms with E-state index >= 15 is 0 Å². The number of ether oxygens (including phenoxy) is 1. The molecule has 1 aliphatic heterocycles. The first-order valence-electron chi connectivity index (χ1n) is 11.2. The third-order valence-corrected chi connectivity index (χ3v) is 7.42. The summed E-state index contributed by atoms with van der Waals surface area (Å²) in [6.45, 7) is 6.08. The predicted octanol–water partition coefficient (Wildman–Crippen LogP) is 4.73. The van der Waals surface area contributed by atoms with Crippen LogP contribution in [0.25, 0.3) is 22.2 Å². The Balaban J connectivity index is 1.83. The van der Waals surface area contributed by atoms with Gasteiger partial charge in [-0.25, -0.2) is 22.3 Å². The minimum Gasteiger partial charge on any atom is -0.472 e. The number of amides is 1. The molecule has 1 aromatic carbocycles. The van der Waals surface area contributed by atoms with Gasteiger partial charge in [-0.05, 0) is 51.8 Å². The number of carbonyl (C=O) groups is 1. The monoisotopic (exact) mass is 517 g/mol. The Morgan fingerprint density at radius 1 is 1.31 bits per heavy atom. The van der Waals surface area contributed by atoms with Gasteiger partial charge in [0.2, 0.25) is 11.2 Å². The second-order valence-electron chi connectivity index (χ2n) is 9.77. The van der Waals surface area contributed by atoms with Gasteiger partial charge >= 0.3 is 6.09 Å². The van der Waals surface area contributed by atoms with Crippen LogP contribution < -0.4 is 0 Å². The lowest BCUT2D eigenvalue weighted by Gasteiger charge is -2.37. The molecule has 0 saturated carbocycles. The number of rotatable bonds is 4. The number of nitriles is 1. The highest BCUT2D eigenvalue weighted by Crippen LogP contribution is 2.40. The number of likely N-dealkylation sites (tertiary alicyclic amines) is 1. The number of furan rings is 1. The van der Waals surface area contributed by atoms with Crippen molar-refractivity contribution in [3.63, 3.8) is 0 Å². The summed E-state index contributed by atoms with van der Waals surface area (Å²) < 4.78 is 27.4. The summed E-state index contributed by atoms with van der Waals surface area (Å²) in [7, 11) is 3.38. The highest BCUT2D eigenvalue weighted by Gasteiger charge is 2.44. The van der Waals surface area contributed by atoms with Crippen molar-refractivity contribution in [1.82, 2.24) is 18.2 Å². The van der Waals surface area contributed by atoms with Gasteiger partial charge in [-0.1, -0.05) is 11.6 Å². The highest BCUT2D eigenvalue weighted by molar-refractivity contribution is 7.81. The molecule has 0 spiro atoms. The van der Waals surface area contributed by atoms with Crippen LogP contribution in [0.4, 0.5) is 4.79 Å². The number of aromatic nitrogens is 2. The SMILES string of the molecule is CN(C)S(=O)n1c(C2(C#N)CCN(C(=O)OC(C)(C)C)CC2)nc2c(-c3ccoc3)cc(Cl)cc21. The predicted molar refractivity (Wildman–Crippen MR) is 134 cm³/mol. The molecule has 0 radical (unpaired) electrons. The molecule has 1 fully saturated rings. The Morgan fingerprint density at radius 3 is 2.54 bits per heavy atom. The molecular formula is C24H28ClN5O4S. The molecule has 3 heterocycles. The number of hydrogen-bond acceptors (Lipinski definition) is 6. The van der Waals surface area contributed by atoms with Crippen LogP contribution in [0.3, 0.4) is 0 Å². The average Bonchev–Trinajstić information content (AvgIpc) is 3.45. The molecule has 11 heteroatoms. The normalized spacial score (nSPS) is 16.9. The van der Waals surface area contributed by atoms with Gasteiger partial charge in [0.15, 0.2) is 0 Å². The van der Waals surface area contributed by atoms with E-state index in [0.29, 0.717) is 47.8 Å². The van der Waals surface area contributed by atoms with Crippen molar-refractivity contribution in [1.29, 1.82) is 5.26 Å².